The van der Waals surface area contributed by atoms with Gasteiger partial charge in [0.1, 0.15) is 0 Å². The van der Waals surface area contributed by atoms with Gasteiger partial charge in [-0.05, 0) is 24.3 Å². The molecule has 0 atom stereocenters. The molecule has 2 rings (SSSR count). The van der Waals surface area contributed by atoms with Crippen molar-refractivity contribution in [3.05, 3.63) is 39.1 Å². The average Bonchev–Trinajstić information content (AvgIpc) is 2.61. The first-order chi connectivity index (χ1) is 7.88. The second kappa shape index (κ2) is 4.15. The molecule has 8 heteroatoms. The third-order valence-corrected chi connectivity index (χ3v) is 3.01. The van der Waals surface area contributed by atoms with Crippen molar-refractivity contribution < 1.29 is 13.2 Å². The second-order valence-corrected chi connectivity index (χ2v) is 4.51. The molecule has 0 radical (unpaired) electrons. The van der Waals surface area contributed by atoms with Gasteiger partial charge in [-0.15, -0.1) is 5.10 Å². The summed E-state index contributed by atoms with van der Waals surface area (Å²) in [5.41, 5.74) is 0.367. The molecule has 0 unspecified atom stereocenters. The number of nitrogens with zero attached hydrogens (tertiary/aromatic N) is 2. The number of rotatable bonds is 1. The molecule has 90 valence electrons. The summed E-state index contributed by atoms with van der Waals surface area (Å²) in [5.74, 6) is 0. The lowest BCUT2D eigenvalue weighted by molar-refractivity contribution is -0.138. The van der Waals surface area contributed by atoms with Crippen molar-refractivity contribution in [2.24, 2.45) is 0 Å². The molecule has 0 spiro atoms. The lowest BCUT2D eigenvalue weighted by Gasteiger charge is -2.01. The van der Waals surface area contributed by atoms with Gasteiger partial charge in [0.2, 0.25) is 9.81 Å². The zero-order chi connectivity index (χ0) is 12.6. The van der Waals surface area contributed by atoms with Gasteiger partial charge in [0.05, 0.1) is 5.69 Å². The lowest BCUT2D eigenvalue weighted by atomic mass is 10.3. The molecule has 1 aromatic heterocycles. The van der Waals surface area contributed by atoms with Gasteiger partial charge < -0.3 is 0 Å². The van der Waals surface area contributed by atoms with Crippen LogP contribution in [-0.2, 0) is 6.18 Å². The standard InChI is InChI=1S/C9H5ClF3N3S/c10-5-1-3-6(4-2-5)16-8(14)17-7(15-16)9(11,12)13/h1-4,14H. The number of hydrogen-bond acceptors (Lipinski definition) is 3. The zero-order valence-electron chi connectivity index (χ0n) is 8.12. The minimum absolute atomic E-state index is 0.281. The Morgan fingerprint density at radius 2 is 1.82 bits per heavy atom. The van der Waals surface area contributed by atoms with Crippen LogP contribution in [0.3, 0.4) is 0 Å². The molecule has 0 aliphatic carbocycles. The fraction of sp³-hybridized carbons (Fsp3) is 0.111. The van der Waals surface area contributed by atoms with E-state index in [-0.39, 0.29) is 16.1 Å². The Morgan fingerprint density at radius 1 is 1.24 bits per heavy atom. The molecular formula is C9H5ClF3N3S. The average molecular weight is 280 g/mol. The van der Waals surface area contributed by atoms with Crippen LogP contribution >= 0.6 is 22.9 Å². The molecule has 1 aromatic carbocycles. The predicted octanol–water partition coefficient (Wildman–Crippen LogP) is 3.09. The summed E-state index contributed by atoms with van der Waals surface area (Å²) in [4.78, 5) is -0.292. The van der Waals surface area contributed by atoms with Crippen LogP contribution in [0.5, 0.6) is 0 Å². The SMILES string of the molecule is N=c1sc(C(F)(F)F)nn1-c1ccc(Cl)cc1. The Bertz CT molecular complexity index is 585. The summed E-state index contributed by atoms with van der Waals surface area (Å²) in [6.45, 7) is 0. The molecule has 0 fully saturated rings. The summed E-state index contributed by atoms with van der Waals surface area (Å²) in [6.07, 6.45) is -4.53. The maximum atomic E-state index is 12.4. The third kappa shape index (κ3) is 2.50. The van der Waals surface area contributed by atoms with Crippen molar-refractivity contribution in [3.8, 4) is 5.69 Å². The molecule has 1 heterocycles. The monoisotopic (exact) mass is 279 g/mol. The highest BCUT2D eigenvalue weighted by molar-refractivity contribution is 7.08. The van der Waals surface area contributed by atoms with Crippen LogP contribution in [0.1, 0.15) is 5.01 Å². The van der Waals surface area contributed by atoms with Crippen molar-refractivity contribution in [2.45, 2.75) is 6.18 Å². The van der Waals surface area contributed by atoms with E-state index in [0.29, 0.717) is 10.7 Å². The number of halogens is 4. The first-order valence-electron chi connectivity index (χ1n) is 4.36. The van der Waals surface area contributed by atoms with Crippen LogP contribution in [-0.4, -0.2) is 9.78 Å². The Labute approximate surface area is 103 Å². The summed E-state index contributed by atoms with van der Waals surface area (Å²) in [6, 6.07) is 6.05. The number of benzene rings is 1. The normalized spacial score (nSPS) is 11.8. The Balaban J connectivity index is 2.50. The fourth-order valence-electron chi connectivity index (χ4n) is 1.16. The van der Waals surface area contributed by atoms with E-state index in [9.17, 15) is 13.2 Å². The molecule has 0 bridgehead atoms. The first kappa shape index (κ1) is 12.1. The van der Waals surface area contributed by atoms with Crippen LogP contribution in [0.25, 0.3) is 5.69 Å². The summed E-state index contributed by atoms with van der Waals surface area (Å²) >= 11 is 5.94. The molecule has 0 saturated carbocycles. The third-order valence-electron chi connectivity index (χ3n) is 1.89. The predicted molar refractivity (Wildman–Crippen MR) is 57.3 cm³/mol. The van der Waals surface area contributed by atoms with Crippen LogP contribution in [0, 0.1) is 5.41 Å². The molecule has 0 amide bonds. The van der Waals surface area contributed by atoms with Gasteiger partial charge in [-0.1, -0.05) is 22.9 Å². The summed E-state index contributed by atoms with van der Waals surface area (Å²) < 4.78 is 38.1. The van der Waals surface area contributed by atoms with E-state index in [0.717, 1.165) is 4.68 Å². The highest BCUT2D eigenvalue weighted by Crippen LogP contribution is 2.29. The van der Waals surface area contributed by atoms with Gasteiger partial charge in [0.15, 0.2) is 0 Å². The van der Waals surface area contributed by atoms with Crippen LogP contribution in [0.15, 0.2) is 24.3 Å². The first-order valence-corrected chi connectivity index (χ1v) is 5.55. The Hall–Kier alpha value is -1.34. The van der Waals surface area contributed by atoms with E-state index in [2.05, 4.69) is 5.10 Å². The van der Waals surface area contributed by atoms with Crippen molar-refractivity contribution in [3.63, 3.8) is 0 Å². The highest BCUT2D eigenvalue weighted by Gasteiger charge is 2.35. The molecular weight excluding hydrogens is 275 g/mol. The second-order valence-electron chi connectivity index (χ2n) is 3.10. The molecule has 0 saturated heterocycles. The van der Waals surface area contributed by atoms with Crippen molar-refractivity contribution in [1.29, 1.82) is 5.41 Å². The van der Waals surface area contributed by atoms with Gasteiger partial charge in [-0.3, -0.25) is 5.41 Å². The van der Waals surface area contributed by atoms with E-state index < -0.39 is 11.2 Å². The quantitative estimate of drug-likeness (QED) is 0.856. The van der Waals surface area contributed by atoms with E-state index >= 15 is 0 Å². The number of hydrogen-bond donors (Lipinski definition) is 1. The van der Waals surface area contributed by atoms with E-state index in [1.165, 1.54) is 24.3 Å². The highest BCUT2D eigenvalue weighted by atomic mass is 35.5. The van der Waals surface area contributed by atoms with Crippen LogP contribution < -0.4 is 4.80 Å². The van der Waals surface area contributed by atoms with Gasteiger partial charge in [-0.2, -0.15) is 13.2 Å². The molecule has 1 N–H and O–H groups in total. The molecule has 17 heavy (non-hydrogen) atoms. The molecule has 0 aliphatic rings. The fourth-order valence-corrected chi connectivity index (χ4v) is 1.94. The number of aromatic nitrogens is 2. The maximum Gasteiger partial charge on any atom is 0.445 e. The summed E-state index contributed by atoms with van der Waals surface area (Å²) in [7, 11) is 0. The van der Waals surface area contributed by atoms with Gasteiger partial charge in [0, 0.05) is 5.02 Å². The largest absolute Gasteiger partial charge is 0.445 e. The molecule has 0 aliphatic heterocycles. The summed E-state index contributed by atoms with van der Waals surface area (Å²) in [5, 5.41) is 10.2. The zero-order valence-corrected chi connectivity index (χ0v) is 9.70. The minimum Gasteiger partial charge on any atom is -0.273 e. The van der Waals surface area contributed by atoms with Gasteiger partial charge in [-0.25, -0.2) is 4.68 Å². The van der Waals surface area contributed by atoms with Gasteiger partial charge >= 0.3 is 6.18 Å². The van der Waals surface area contributed by atoms with Crippen LogP contribution in [0.4, 0.5) is 13.2 Å². The molecule has 2 aromatic rings. The van der Waals surface area contributed by atoms with Gasteiger partial charge in [0.25, 0.3) is 0 Å². The van der Waals surface area contributed by atoms with Crippen molar-refractivity contribution >= 4 is 22.9 Å². The smallest absolute Gasteiger partial charge is 0.273 e. The maximum absolute atomic E-state index is 12.4. The molecule has 3 nitrogen and oxygen atoms in total. The van der Waals surface area contributed by atoms with Crippen molar-refractivity contribution in [1.82, 2.24) is 9.78 Å². The Kier molecular flexibility index (Phi) is 2.96. The number of nitrogens with one attached hydrogen (secondary N) is 1. The van der Waals surface area contributed by atoms with E-state index in [4.69, 9.17) is 17.0 Å². The Morgan fingerprint density at radius 3 is 2.29 bits per heavy atom. The van der Waals surface area contributed by atoms with E-state index in [1.807, 2.05) is 0 Å². The number of alkyl halides is 3. The van der Waals surface area contributed by atoms with Crippen LogP contribution in [0.2, 0.25) is 5.02 Å². The van der Waals surface area contributed by atoms with Crippen molar-refractivity contribution in [2.75, 3.05) is 0 Å². The lowest BCUT2D eigenvalue weighted by Crippen LogP contribution is -2.12. The van der Waals surface area contributed by atoms with E-state index in [1.54, 1.807) is 0 Å². The topological polar surface area (TPSA) is 41.7 Å². The minimum atomic E-state index is -4.53.